The van der Waals surface area contributed by atoms with Gasteiger partial charge in [0.25, 0.3) is 5.91 Å². The summed E-state index contributed by atoms with van der Waals surface area (Å²) in [5.74, 6) is 0.797. The minimum Gasteiger partial charge on any atom is -0.491 e. The van der Waals surface area contributed by atoms with E-state index in [0.717, 1.165) is 28.1 Å². The third-order valence-corrected chi connectivity index (χ3v) is 6.89. The van der Waals surface area contributed by atoms with Gasteiger partial charge in [0.2, 0.25) is 0 Å². The molecular formula is C31H33NO3. The lowest BCUT2D eigenvalue weighted by molar-refractivity contribution is -0.153. The van der Waals surface area contributed by atoms with Crippen molar-refractivity contribution in [1.29, 1.82) is 0 Å². The Morgan fingerprint density at radius 1 is 0.971 bits per heavy atom. The lowest BCUT2D eigenvalue weighted by atomic mass is 9.85. The van der Waals surface area contributed by atoms with E-state index >= 15 is 0 Å². The van der Waals surface area contributed by atoms with Crippen LogP contribution in [-0.2, 0) is 27.1 Å². The highest BCUT2D eigenvalue weighted by molar-refractivity contribution is 6.07. The molecule has 3 aromatic rings. The molecule has 2 aliphatic rings. The second kappa shape index (κ2) is 9.01. The zero-order chi connectivity index (χ0) is 24.6. The standard InChI is InChI=1S/C31H33NO3/c1-22-18-26(21-34-25-16-14-24(15-17-25)30(2,3)4)35-31(19-22)27-12-8-9-13-28(27)32(29(31)33)20-23-10-6-5-7-11-23/h5-18,26H,19-21H2,1-4H3/t26-,31+/m1/s1. The van der Waals surface area contributed by atoms with Gasteiger partial charge in [-0.3, -0.25) is 4.79 Å². The topological polar surface area (TPSA) is 38.8 Å². The molecule has 4 heteroatoms. The van der Waals surface area contributed by atoms with Crippen LogP contribution in [0.1, 0.15) is 50.8 Å². The quantitative estimate of drug-likeness (QED) is 0.400. The number of ether oxygens (including phenoxy) is 2. The Bertz CT molecular complexity index is 1240. The van der Waals surface area contributed by atoms with Gasteiger partial charge in [-0.2, -0.15) is 0 Å². The minimum atomic E-state index is -1.02. The van der Waals surface area contributed by atoms with Gasteiger partial charge in [0.05, 0.1) is 12.2 Å². The Morgan fingerprint density at radius 3 is 2.37 bits per heavy atom. The second-order valence-electron chi connectivity index (χ2n) is 10.7. The molecule has 1 amide bonds. The van der Waals surface area contributed by atoms with Crippen molar-refractivity contribution >= 4 is 11.6 Å². The van der Waals surface area contributed by atoms with Crippen LogP contribution in [0.3, 0.4) is 0 Å². The van der Waals surface area contributed by atoms with Gasteiger partial charge in [-0.15, -0.1) is 0 Å². The first kappa shape index (κ1) is 23.4. The van der Waals surface area contributed by atoms with E-state index < -0.39 is 5.60 Å². The summed E-state index contributed by atoms with van der Waals surface area (Å²) in [7, 11) is 0. The van der Waals surface area contributed by atoms with Crippen LogP contribution in [0.15, 0.2) is 90.5 Å². The highest BCUT2D eigenvalue weighted by Gasteiger charge is 2.54. The Balaban J connectivity index is 1.38. The molecule has 0 saturated heterocycles. The number of nitrogens with zero attached hydrogens (tertiary/aromatic N) is 1. The van der Waals surface area contributed by atoms with E-state index in [2.05, 4.69) is 58.0 Å². The van der Waals surface area contributed by atoms with E-state index in [-0.39, 0.29) is 17.4 Å². The first-order valence-corrected chi connectivity index (χ1v) is 12.3. The molecule has 35 heavy (non-hydrogen) atoms. The number of anilines is 1. The molecule has 1 spiro atoms. The number of fused-ring (bicyclic) bond motifs is 2. The van der Waals surface area contributed by atoms with Gasteiger partial charge < -0.3 is 14.4 Å². The van der Waals surface area contributed by atoms with E-state index in [1.165, 1.54) is 5.56 Å². The monoisotopic (exact) mass is 467 g/mol. The molecule has 0 unspecified atom stereocenters. The molecular weight excluding hydrogens is 434 g/mol. The third-order valence-electron chi connectivity index (χ3n) is 6.89. The molecule has 4 nitrogen and oxygen atoms in total. The number of benzene rings is 3. The second-order valence-corrected chi connectivity index (χ2v) is 10.7. The number of rotatable bonds is 5. The minimum absolute atomic E-state index is 0.00506. The highest BCUT2D eigenvalue weighted by Crippen LogP contribution is 2.49. The molecule has 2 aliphatic heterocycles. The van der Waals surface area contributed by atoms with Crippen LogP contribution < -0.4 is 9.64 Å². The molecule has 2 atom stereocenters. The fourth-order valence-electron chi connectivity index (χ4n) is 5.12. The van der Waals surface area contributed by atoms with Crippen LogP contribution in [0.5, 0.6) is 5.75 Å². The average Bonchev–Trinajstić information content (AvgIpc) is 3.05. The van der Waals surface area contributed by atoms with Gasteiger partial charge in [-0.25, -0.2) is 0 Å². The summed E-state index contributed by atoms with van der Waals surface area (Å²) in [5.41, 5.74) is 4.43. The summed E-state index contributed by atoms with van der Waals surface area (Å²) in [5, 5.41) is 0. The van der Waals surface area contributed by atoms with Crippen molar-refractivity contribution in [3.8, 4) is 5.75 Å². The van der Waals surface area contributed by atoms with Crippen molar-refractivity contribution in [1.82, 2.24) is 0 Å². The lowest BCUT2D eigenvalue weighted by Crippen LogP contribution is -2.47. The maximum Gasteiger partial charge on any atom is 0.264 e. The van der Waals surface area contributed by atoms with Crippen LogP contribution in [0.4, 0.5) is 5.69 Å². The molecule has 0 N–H and O–H groups in total. The first-order chi connectivity index (χ1) is 16.8. The van der Waals surface area contributed by atoms with E-state index in [1.54, 1.807) is 0 Å². The van der Waals surface area contributed by atoms with E-state index in [0.29, 0.717) is 19.6 Å². The molecule has 0 aliphatic carbocycles. The molecule has 5 rings (SSSR count). The van der Waals surface area contributed by atoms with Crippen LogP contribution in [-0.4, -0.2) is 18.6 Å². The summed E-state index contributed by atoms with van der Waals surface area (Å²) in [4.78, 5) is 15.8. The number of carbonyl (C=O) groups is 1. The molecule has 180 valence electrons. The Kier molecular flexibility index (Phi) is 6.02. The summed E-state index contributed by atoms with van der Waals surface area (Å²) in [6.45, 7) is 9.54. The predicted octanol–water partition coefficient (Wildman–Crippen LogP) is 6.54. The molecule has 0 fully saturated rings. The summed E-state index contributed by atoms with van der Waals surface area (Å²) < 4.78 is 12.7. The molecule has 0 saturated carbocycles. The molecule has 0 aromatic heterocycles. The largest absolute Gasteiger partial charge is 0.491 e. The predicted molar refractivity (Wildman–Crippen MR) is 140 cm³/mol. The maximum atomic E-state index is 14.0. The van der Waals surface area contributed by atoms with Crippen molar-refractivity contribution < 1.29 is 14.3 Å². The van der Waals surface area contributed by atoms with Crippen LogP contribution in [0.2, 0.25) is 0 Å². The van der Waals surface area contributed by atoms with Gasteiger partial charge in [-0.05, 0) is 41.7 Å². The Morgan fingerprint density at radius 2 is 1.66 bits per heavy atom. The van der Waals surface area contributed by atoms with Crippen molar-refractivity contribution in [2.45, 2.75) is 57.8 Å². The van der Waals surface area contributed by atoms with Crippen molar-refractivity contribution in [3.63, 3.8) is 0 Å². The Hall–Kier alpha value is -3.37. The number of hydrogen-bond donors (Lipinski definition) is 0. The van der Waals surface area contributed by atoms with Crippen molar-refractivity contribution in [3.05, 3.63) is 107 Å². The van der Waals surface area contributed by atoms with Crippen LogP contribution in [0, 0.1) is 0 Å². The first-order valence-electron chi connectivity index (χ1n) is 12.3. The molecule has 3 aromatic carbocycles. The van der Waals surface area contributed by atoms with Gasteiger partial charge in [0.15, 0.2) is 5.60 Å². The summed E-state index contributed by atoms with van der Waals surface area (Å²) in [6, 6.07) is 26.3. The van der Waals surface area contributed by atoms with E-state index in [1.807, 2.05) is 59.5 Å². The average molecular weight is 468 g/mol. The van der Waals surface area contributed by atoms with Crippen molar-refractivity contribution in [2.75, 3.05) is 11.5 Å². The number of carbonyl (C=O) groups excluding carboxylic acids is 1. The van der Waals surface area contributed by atoms with Gasteiger partial charge >= 0.3 is 0 Å². The number of hydrogen-bond acceptors (Lipinski definition) is 3. The lowest BCUT2D eigenvalue weighted by Gasteiger charge is -2.36. The van der Waals surface area contributed by atoms with Gasteiger partial charge in [0.1, 0.15) is 18.5 Å². The highest BCUT2D eigenvalue weighted by atomic mass is 16.6. The van der Waals surface area contributed by atoms with E-state index in [4.69, 9.17) is 9.47 Å². The van der Waals surface area contributed by atoms with E-state index in [9.17, 15) is 4.79 Å². The van der Waals surface area contributed by atoms with Crippen LogP contribution in [0.25, 0.3) is 0 Å². The summed E-state index contributed by atoms with van der Waals surface area (Å²) in [6.07, 6.45) is 2.31. The van der Waals surface area contributed by atoms with Crippen LogP contribution >= 0.6 is 0 Å². The van der Waals surface area contributed by atoms with Gasteiger partial charge in [-0.1, -0.05) is 93.1 Å². The fourth-order valence-corrected chi connectivity index (χ4v) is 5.12. The normalized spacial score (nSPS) is 21.7. The number of para-hydroxylation sites is 1. The maximum absolute atomic E-state index is 14.0. The van der Waals surface area contributed by atoms with Gasteiger partial charge in [0, 0.05) is 12.0 Å². The zero-order valence-corrected chi connectivity index (χ0v) is 21.0. The Labute approximate surface area is 208 Å². The fraction of sp³-hybridized carbons (Fsp3) is 0.323. The number of amides is 1. The smallest absolute Gasteiger partial charge is 0.264 e. The molecule has 0 radical (unpaired) electrons. The zero-order valence-electron chi connectivity index (χ0n) is 21.0. The molecule has 0 bridgehead atoms. The van der Waals surface area contributed by atoms with Crippen molar-refractivity contribution in [2.24, 2.45) is 0 Å². The summed E-state index contributed by atoms with van der Waals surface area (Å²) >= 11 is 0. The SMILES string of the molecule is CC1=C[C@H](COc2ccc(C(C)(C)C)cc2)O[C@]2(C1)C(=O)N(Cc1ccccc1)c1ccccc12. The molecule has 2 heterocycles. The third kappa shape index (κ3) is 4.51.